The maximum atomic E-state index is 12.4. The van der Waals surface area contributed by atoms with Crippen LogP contribution in [-0.2, 0) is 16.9 Å². The predicted molar refractivity (Wildman–Crippen MR) is 91.9 cm³/mol. The first-order chi connectivity index (χ1) is 12.0. The maximum Gasteiger partial charge on any atom is 0.261 e. The number of hydrogen-bond acceptors (Lipinski definition) is 5. The lowest BCUT2D eigenvalue weighted by molar-refractivity contribution is -0.122. The molecule has 130 valence electrons. The van der Waals surface area contributed by atoms with E-state index < -0.39 is 5.60 Å². The van der Waals surface area contributed by atoms with Crippen LogP contribution in [0.5, 0.6) is 0 Å². The molecule has 1 unspecified atom stereocenters. The molecule has 1 atom stereocenters. The number of fused-ring (bicyclic) bond motifs is 1. The van der Waals surface area contributed by atoms with Crippen molar-refractivity contribution < 1.29 is 14.3 Å². The Bertz CT molecular complexity index is 929. The predicted octanol–water partition coefficient (Wildman–Crippen LogP) is 1.40. The molecule has 0 saturated carbocycles. The van der Waals surface area contributed by atoms with Gasteiger partial charge in [0, 0.05) is 13.0 Å². The van der Waals surface area contributed by atoms with Crippen LogP contribution < -0.4 is 10.9 Å². The van der Waals surface area contributed by atoms with E-state index in [9.17, 15) is 14.7 Å². The summed E-state index contributed by atoms with van der Waals surface area (Å²) in [5.74, 6) is 0.106. The smallest absolute Gasteiger partial charge is 0.261 e. The topological polar surface area (TPSA) is 97.4 Å². The van der Waals surface area contributed by atoms with E-state index in [1.807, 2.05) is 6.07 Å². The SMILES string of the molecule is CC(O)(CNC(=O)CCn1cnc2ccccc2c1=O)c1ccco1. The van der Waals surface area contributed by atoms with Crippen molar-refractivity contribution in [3.63, 3.8) is 0 Å². The largest absolute Gasteiger partial charge is 0.466 e. The molecule has 7 nitrogen and oxygen atoms in total. The van der Waals surface area contributed by atoms with Gasteiger partial charge in [0.1, 0.15) is 11.4 Å². The van der Waals surface area contributed by atoms with Crippen LogP contribution in [-0.4, -0.2) is 27.1 Å². The molecule has 2 aromatic heterocycles. The molecule has 3 aromatic rings. The number of carbonyl (C=O) groups is 1. The van der Waals surface area contributed by atoms with E-state index in [1.165, 1.54) is 17.2 Å². The van der Waals surface area contributed by atoms with Gasteiger partial charge in [0.05, 0.1) is 30.0 Å². The van der Waals surface area contributed by atoms with Crippen molar-refractivity contribution in [1.29, 1.82) is 0 Å². The molecule has 2 N–H and O–H groups in total. The molecule has 0 fully saturated rings. The molecular weight excluding hydrogens is 322 g/mol. The number of rotatable bonds is 6. The lowest BCUT2D eigenvalue weighted by Crippen LogP contribution is -2.38. The normalized spacial score (nSPS) is 13.5. The quantitative estimate of drug-likeness (QED) is 0.706. The highest BCUT2D eigenvalue weighted by atomic mass is 16.4. The van der Waals surface area contributed by atoms with Gasteiger partial charge in [-0.25, -0.2) is 4.98 Å². The van der Waals surface area contributed by atoms with Gasteiger partial charge in [-0.15, -0.1) is 0 Å². The minimum atomic E-state index is -1.29. The van der Waals surface area contributed by atoms with Crippen LogP contribution >= 0.6 is 0 Å². The third kappa shape index (κ3) is 3.77. The Morgan fingerprint density at radius 2 is 2.12 bits per heavy atom. The first-order valence-corrected chi connectivity index (χ1v) is 7.94. The fourth-order valence-corrected chi connectivity index (χ4v) is 2.52. The molecule has 2 heterocycles. The third-order valence-electron chi connectivity index (χ3n) is 3.99. The van der Waals surface area contributed by atoms with Crippen LogP contribution in [0.2, 0.25) is 0 Å². The average molecular weight is 341 g/mol. The summed E-state index contributed by atoms with van der Waals surface area (Å²) >= 11 is 0. The highest BCUT2D eigenvalue weighted by Gasteiger charge is 2.26. The third-order valence-corrected chi connectivity index (χ3v) is 3.99. The molecule has 0 saturated heterocycles. The molecular formula is C18H19N3O4. The first kappa shape index (κ1) is 16.9. The van der Waals surface area contributed by atoms with E-state index in [4.69, 9.17) is 4.42 Å². The van der Waals surface area contributed by atoms with Crippen molar-refractivity contribution in [3.05, 3.63) is 65.1 Å². The standard InChI is InChI=1S/C18H19N3O4/c1-18(24,15-7-4-10-25-15)11-19-16(22)8-9-21-12-20-14-6-3-2-5-13(14)17(21)23/h2-7,10,12,24H,8-9,11H2,1H3,(H,19,22). The molecule has 0 aliphatic carbocycles. The molecule has 1 aromatic carbocycles. The monoisotopic (exact) mass is 341 g/mol. The number of aliphatic hydroxyl groups is 1. The van der Waals surface area contributed by atoms with Gasteiger partial charge in [0.2, 0.25) is 5.91 Å². The molecule has 0 bridgehead atoms. The number of amides is 1. The van der Waals surface area contributed by atoms with E-state index in [0.29, 0.717) is 16.7 Å². The van der Waals surface area contributed by atoms with Crippen molar-refractivity contribution in [2.24, 2.45) is 0 Å². The van der Waals surface area contributed by atoms with Crippen molar-refractivity contribution in [3.8, 4) is 0 Å². The Labute approximate surface area is 143 Å². The number of para-hydroxylation sites is 1. The van der Waals surface area contributed by atoms with Crippen molar-refractivity contribution >= 4 is 16.8 Å². The van der Waals surface area contributed by atoms with Gasteiger partial charge in [-0.3, -0.25) is 14.2 Å². The second-order valence-electron chi connectivity index (χ2n) is 6.04. The second kappa shape index (κ2) is 6.90. The summed E-state index contributed by atoms with van der Waals surface area (Å²) in [6.45, 7) is 1.79. The Morgan fingerprint density at radius 1 is 1.32 bits per heavy atom. The minimum absolute atomic E-state index is 0.0181. The van der Waals surface area contributed by atoms with Gasteiger partial charge in [-0.1, -0.05) is 12.1 Å². The summed E-state index contributed by atoms with van der Waals surface area (Å²) in [6, 6.07) is 10.4. The van der Waals surface area contributed by atoms with Crippen LogP contribution in [0, 0.1) is 0 Å². The van der Waals surface area contributed by atoms with Gasteiger partial charge >= 0.3 is 0 Å². The molecule has 0 aliphatic rings. The van der Waals surface area contributed by atoms with Crippen LogP contribution in [0.3, 0.4) is 0 Å². The van der Waals surface area contributed by atoms with E-state index in [0.717, 1.165) is 0 Å². The molecule has 7 heteroatoms. The minimum Gasteiger partial charge on any atom is -0.466 e. The van der Waals surface area contributed by atoms with Crippen molar-refractivity contribution in [2.45, 2.75) is 25.5 Å². The second-order valence-corrected chi connectivity index (χ2v) is 6.04. The number of carbonyl (C=O) groups excluding carboxylic acids is 1. The van der Waals surface area contributed by atoms with E-state index in [-0.39, 0.29) is 31.0 Å². The number of aryl methyl sites for hydroxylation is 1. The Balaban J connectivity index is 1.59. The molecule has 0 spiro atoms. The average Bonchev–Trinajstić information content (AvgIpc) is 3.15. The summed E-state index contributed by atoms with van der Waals surface area (Å²) in [6.07, 6.45) is 3.01. The Kier molecular flexibility index (Phi) is 4.67. The molecule has 0 aliphatic heterocycles. The Hall–Kier alpha value is -2.93. The lowest BCUT2D eigenvalue weighted by atomic mass is 10.0. The molecule has 1 amide bonds. The van der Waals surface area contributed by atoms with E-state index in [1.54, 1.807) is 37.3 Å². The lowest BCUT2D eigenvalue weighted by Gasteiger charge is -2.21. The van der Waals surface area contributed by atoms with Crippen LogP contribution in [0.25, 0.3) is 10.9 Å². The number of furan rings is 1. The van der Waals surface area contributed by atoms with Crippen LogP contribution in [0.4, 0.5) is 0 Å². The van der Waals surface area contributed by atoms with Gasteiger partial charge in [-0.2, -0.15) is 0 Å². The Morgan fingerprint density at radius 3 is 2.88 bits per heavy atom. The molecule has 3 rings (SSSR count). The fourth-order valence-electron chi connectivity index (χ4n) is 2.52. The first-order valence-electron chi connectivity index (χ1n) is 7.94. The summed E-state index contributed by atoms with van der Waals surface area (Å²) in [4.78, 5) is 28.6. The fraction of sp³-hybridized carbons (Fsp3) is 0.278. The highest BCUT2D eigenvalue weighted by Crippen LogP contribution is 2.19. The zero-order valence-corrected chi connectivity index (χ0v) is 13.8. The summed E-state index contributed by atoms with van der Waals surface area (Å²) < 4.78 is 6.57. The molecule has 0 radical (unpaired) electrons. The van der Waals surface area contributed by atoms with Crippen molar-refractivity contribution in [1.82, 2.24) is 14.9 Å². The van der Waals surface area contributed by atoms with E-state index in [2.05, 4.69) is 10.3 Å². The summed E-state index contributed by atoms with van der Waals surface area (Å²) in [5, 5.41) is 13.5. The van der Waals surface area contributed by atoms with Crippen molar-refractivity contribution in [2.75, 3.05) is 6.54 Å². The number of nitrogens with zero attached hydrogens (tertiary/aromatic N) is 2. The van der Waals surface area contributed by atoms with Gasteiger partial charge in [0.25, 0.3) is 5.56 Å². The highest BCUT2D eigenvalue weighted by molar-refractivity contribution is 5.77. The molecule has 25 heavy (non-hydrogen) atoms. The summed E-state index contributed by atoms with van der Waals surface area (Å²) in [7, 11) is 0. The number of hydrogen-bond donors (Lipinski definition) is 2. The number of aromatic nitrogens is 2. The van der Waals surface area contributed by atoms with Gasteiger partial charge in [0.15, 0.2) is 0 Å². The van der Waals surface area contributed by atoms with Crippen LogP contribution in [0.1, 0.15) is 19.1 Å². The van der Waals surface area contributed by atoms with Gasteiger partial charge < -0.3 is 14.8 Å². The summed E-state index contributed by atoms with van der Waals surface area (Å²) in [5.41, 5.74) is -0.843. The van der Waals surface area contributed by atoms with Gasteiger partial charge in [-0.05, 0) is 31.2 Å². The zero-order chi connectivity index (χ0) is 17.9. The number of nitrogens with one attached hydrogen (secondary N) is 1. The van der Waals surface area contributed by atoms with Crippen LogP contribution in [0.15, 0.2) is 58.2 Å². The zero-order valence-electron chi connectivity index (χ0n) is 13.8. The number of benzene rings is 1. The maximum absolute atomic E-state index is 12.4. The van der Waals surface area contributed by atoms with E-state index >= 15 is 0 Å².